The highest BCUT2D eigenvalue weighted by Crippen LogP contribution is 2.30. The van der Waals surface area contributed by atoms with Crippen LogP contribution in [0.2, 0.25) is 0 Å². The molecule has 0 aliphatic carbocycles. The molecular weight excluding hydrogens is 370 g/mol. The van der Waals surface area contributed by atoms with Gasteiger partial charge in [0.2, 0.25) is 15.8 Å². The molecule has 0 spiro atoms. The predicted molar refractivity (Wildman–Crippen MR) is 100 cm³/mol. The molecule has 1 saturated heterocycles. The summed E-state index contributed by atoms with van der Waals surface area (Å²) in [7, 11) is -3.43. The number of sulfonamides is 1. The molecule has 0 unspecified atom stereocenters. The van der Waals surface area contributed by atoms with Gasteiger partial charge in [-0.05, 0) is 61.0 Å². The highest BCUT2D eigenvalue weighted by Gasteiger charge is 2.26. The largest absolute Gasteiger partial charge is 0.333 e. The van der Waals surface area contributed by atoms with Gasteiger partial charge in [-0.15, -0.1) is 11.3 Å². The van der Waals surface area contributed by atoms with E-state index in [9.17, 15) is 8.42 Å². The normalized spacial score (nSPS) is 16.0. The molecule has 1 aliphatic heterocycles. The first kappa shape index (κ1) is 17.4. The van der Waals surface area contributed by atoms with Crippen molar-refractivity contribution in [3.05, 3.63) is 41.3 Å². The summed E-state index contributed by atoms with van der Waals surface area (Å²) in [4.78, 5) is 5.70. The second-order valence-electron chi connectivity index (χ2n) is 6.34. The highest BCUT2D eigenvalue weighted by molar-refractivity contribution is 7.89. The first-order chi connectivity index (χ1) is 12.6. The van der Waals surface area contributed by atoms with Gasteiger partial charge in [-0.3, -0.25) is 0 Å². The zero-order chi connectivity index (χ0) is 18.1. The molecule has 1 fully saturated rings. The number of thiophene rings is 1. The second kappa shape index (κ2) is 6.94. The average molecular weight is 390 g/mol. The van der Waals surface area contributed by atoms with Crippen LogP contribution in [0.3, 0.4) is 0 Å². The third-order valence-corrected chi connectivity index (χ3v) is 7.47. The van der Waals surface area contributed by atoms with Crippen molar-refractivity contribution in [2.75, 3.05) is 13.1 Å². The number of aromatic nitrogens is 2. The van der Waals surface area contributed by atoms with Crippen LogP contribution in [0.4, 0.5) is 0 Å². The quantitative estimate of drug-likeness (QED) is 0.675. The number of hydrogen-bond donors (Lipinski definition) is 0. The van der Waals surface area contributed by atoms with Crippen molar-refractivity contribution in [1.82, 2.24) is 14.4 Å². The van der Waals surface area contributed by atoms with Crippen molar-refractivity contribution < 1.29 is 12.9 Å². The Morgan fingerprint density at radius 3 is 2.46 bits per heavy atom. The molecule has 1 aromatic carbocycles. The Hall–Kier alpha value is -2.03. The summed E-state index contributed by atoms with van der Waals surface area (Å²) in [6, 6.07) is 8.70. The minimum Gasteiger partial charge on any atom is -0.333 e. The topological polar surface area (TPSA) is 76.3 Å². The molecular formula is C18H19N3O3S2. The van der Waals surface area contributed by atoms with Crippen molar-refractivity contribution in [2.24, 2.45) is 0 Å². The summed E-state index contributed by atoms with van der Waals surface area (Å²) in [5, 5.41) is 6.01. The number of nitrogens with zero attached hydrogens (tertiary/aromatic N) is 3. The Morgan fingerprint density at radius 2 is 1.81 bits per heavy atom. The first-order valence-electron chi connectivity index (χ1n) is 8.54. The van der Waals surface area contributed by atoms with E-state index in [1.165, 1.54) is 0 Å². The molecule has 3 aromatic rings. The zero-order valence-electron chi connectivity index (χ0n) is 14.4. The van der Waals surface area contributed by atoms with E-state index in [2.05, 4.69) is 10.1 Å². The third-order valence-electron chi connectivity index (χ3n) is 4.55. The van der Waals surface area contributed by atoms with Crippen LogP contribution in [0.15, 0.2) is 45.1 Å². The maximum atomic E-state index is 12.7. The number of benzene rings is 1. The minimum absolute atomic E-state index is 0.306. The van der Waals surface area contributed by atoms with Crippen LogP contribution in [0.1, 0.15) is 24.8 Å². The Labute approximate surface area is 156 Å². The smallest absolute Gasteiger partial charge is 0.268 e. The molecule has 1 aliphatic rings. The fourth-order valence-corrected chi connectivity index (χ4v) is 5.42. The Morgan fingerprint density at radius 1 is 1.08 bits per heavy atom. The lowest BCUT2D eigenvalue weighted by Crippen LogP contribution is -2.35. The van der Waals surface area contributed by atoms with Gasteiger partial charge in [-0.1, -0.05) is 11.6 Å². The number of rotatable bonds is 4. The van der Waals surface area contributed by atoms with Crippen LogP contribution in [0.5, 0.6) is 0 Å². The van der Waals surface area contributed by atoms with E-state index in [-0.39, 0.29) is 0 Å². The van der Waals surface area contributed by atoms with Gasteiger partial charge in [0.25, 0.3) is 5.89 Å². The lowest BCUT2D eigenvalue weighted by Gasteiger charge is -2.25. The fourth-order valence-electron chi connectivity index (χ4n) is 3.06. The van der Waals surface area contributed by atoms with Crippen molar-refractivity contribution in [2.45, 2.75) is 31.1 Å². The average Bonchev–Trinajstić information content (AvgIpc) is 3.31. The summed E-state index contributed by atoms with van der Waals surface area (Å²) >= 11 is 1.55. The van der Waals surface area contributed by atoms with Gasteiger partial charge < -0.3 is 4.52 Å². The van der Waals surface area contributed by atoms with Crippen LogP contribution in [0, 0.1) is 6.92 Å². The first-order valence-corrected chi connectivity index (χ1v) is 10.9. The van der Waals surface area contributed by atoms with Crippen molar-refractivity contribution in [3.63, 3.8) is 0 Å². The van der Waals surface area contributed by atoms with Crippen LogP contribution < -0.4 is 0 Å². The third kappa shape index (κ3) is 3.20. The SMILES string of the molecule is Cc1ccsc1-c1nc(-c2ccc(S(=O)(=O)N3CCCCC3)cc2)no1. The molecule has 0 amide bonds. The lowest BCUT2D eigenvalue weighted by atomic mass is 10.2. The van der Waals surface area contributed by atoms with E-state index in [1.807, 2.05) is 18.4 Å². The van der Waals surface area contributed by atoms with Gasteiger partial charge in [0, 0.05) is 18.7 Å². The molecule has 0 saturated carbocycles. The van der Waals surface area contributed by atoms with E-state index < -0.39 is 10.0 Å². The van der Waals surface area contributed by atoms with Crippen LogP contribution in [-0.4, -0.2) is 36.0 Å². The monoisotopic (exact) mass is 389 g/mol. The molecule has 0 bridgehead atoms. The molecule has 6 nitrogen and oxygen atoms in total. The summed E-state index contributed by atoms with van der Waals surface area (Å²) in [5.41, 5.74) is 1.82. The Bertz CT molecular complexity index is 1000. The maximum absolute atomic E-state index is 12.7. The molecule has 136 valence electrons. The van der Waals surface area contributed by atoms with E-state index in [1.54, 1.807) is 39.9 Å². The van der Waals surface area contributed by atoms with E-state index in [4.69, 9.17) is 4.52 Å². The van der Waals surface area contributed by atoms with Gasteiger partial charge in [0.15, 0.2) is 0 Å². The van der Waals surface area contributed by atoms with Crippen LogP contribution in [0.25, 0.3) is 22.2 Å². The summed E-state index contributed by atoms with van der Waals surface area (Å²) in [6.07, 6.45) is 2.94. The molecule has 0 N–H and O–H groups in total. The second-order valence-corrected chi connectivity index (χ2v) is 9.20. The summed E-state index contributed by atoms with van der Waals surface area (Å²) < 4.78 is 32.3. The van der Waals surface area contributed by atoms with Gasteiger partial charge in [-0.25, -0.2) is 8.42 Å². The predicted octanol–water partition coefficient (Wildman–Crippen LogP) is 3.95. The Kier molecular flexibility index (Phi) is 4.64. The van der Waals surface area contributed by atoms with Crippen LogP contribution >= 0.6 is 11.3 Å². The fraction of sp³-hybridized carbons (Fsp3) is 0.333. The van der Waals surface area contributed by atoms with Crippen LogP contribution in [-0.2, 0) is 10.0 Å². The molecule has 0 radical (unpaired) electrons. The van der Waals surface area contributed by atoms with E-state index in [0.29, 0.717) is 29.7 Å². The summed E-state index contributed by atoms with van der Waals surface area (Å²) in [6.45, 7) is 3.19. The minimum atomic E-state index is -3.43. The standard InChI is InChI=1S/C18H19N3O3S2/c1-13-9-12-25-16(13)18-19-17(20-24-18)14-5-7-15(8-6-14)26(22,23)21-10-3-2-4-11-21/h5-9,12H,2-4,10-11H2,1H3. The number of piperidine rings is 1. The van der Waals surface area contributed by atoms with Gasteiger partial charge >= 0.3 is 0 Å². The number of hydrogen-bond acceptors (Lipinski definition) is 6. The van der Waals surface area contributed by atoms with Crippen molar-refractivity contribution in [1.29, 1.82) is 0 Å². The van der Waals surface area contributed by atoms with Crippen molar-refractivity contribution in [3.8, 4) is 22.2 Å². The molecule has 2 aromatic heterocycles. The van der Waals surface area contributed by atoms with Crippen molar-refractivity contribution >= 4 is 21.4 Å². The van der Waals surface area contributed by atoms with E-state index >= 15 is 0 Å². The van der Waals surface area contributed by atoms with Gasteiger partial charge in [0.1, 0.15) is 0 Å². The summed E-state index contributed by atoms with van der Waals surface area (Å²) in [5.74, 6) is 0.937. The van der Waals surface area contributed by atoms with Gasteiger partial charge in [-0.2, -0.15) is 9.29 Å². The molecule has 0 atom stereocenters. The lowest BCUT2D eigenvalue weighted by molar-refractivity contribution is 0.346. The number of aryl methyl sites for hydroxylation is 1. The maximum Gasteiger partial charge on any atom is 0.268 e. The highest BCUT2D eigenvalue weighted by atomic mass is 32.2. The molecule has 3 heterocycles. The Balaban J connectivity index is 1.58. The van der Waals surface area contributed by atoms with E-state index in [0.717, 1.165) is 35.3 Å². The molecule has 4 rings (SSSR count). The van der Waals surface area contributed by atoms with Gasteiger partial charge in [0.05, 0.1) is 9.77 Å². The molecule has 26 heavy (non-hydrogen) atoms. The zero-order valence-corrected chi connectivity index (χ0v) is 16.0. The molecule has 8 heteroatoms.